The summed E-state index contributed by atoms with van der Waals surface area (Å²) in [6, 6.07) is 11.1. The van der Waals surface area contributed by atoms with E-state index in [1.54, 1.807) is 23.5 Å². The summed E-state index contributed by atoms with van der Waals surface area (Å²) in [6.45, 7) is 3.13. The number of ether oxygens (including phenoxy) is 1. The number of hydrogen-bond acceptors (Lipinski definition) is 7. The SMILES string of the molecule is O=C1CSc2ccc(C(=O)Nc3ccc4nc(N5CCOCC5)sc4c3)cc2N1. The van der Waals surface area contributed by atoms with Crippen LogP contribution in [0.3, 0.4) is 0 Å². The predicted molar refractivity (Wildman–Crippen MR) is 116 cm³/mol. The highest BCUT2D eigenvalue weighted by Crippen LogP contribution is 2.33. The maximum Gasteiger partial charge on any atom is 0.255 e. The average Bonchev–Trinajstić information content (AvgIpc) is 3.17. The fourth-order valence-corrected chi connectivity index (χ4v) is 5.15. The lowest BCUT2D eigenvalue weighted by molar-refractivity contribution is -0.113. The number of benzene rings is 2. The Morgan fingerprint density at radius 2 is 2.03 bits per heavy atom. The largest absolute Gasteiger partial charge is 0.378 e. The van der Waals surface area contributed by atoms with E-state index >= 15 is 0 Å². The van der Waals surface area contributed by atoms with Crippen molar-refractivity contribution >= 4 is 61.6 Å². The maximum absolute atomic E-state index is 12.7. The molecule has 1 fully saturated rings. The first-order chi connectivity index (χ1) is 14.2. The van der Waals surface area contributed by atoms with E-state index in [0.717, 1.165) is 52.2 Å². The molecule has 0 aliphatic carbocycles. The molecule has 5 rings (SSSR count). The van der Waals surface area contributed by atoms with Crippen LogP contribution in [0.15, 0.2) is 41.3 Å². The molecule has 1 aromatic heterocycles. The summed E-state index contributed by atoms with van der Waals surface area (Å²) in [5.41, 5.74) is 2.83. The average molecular weight is 427 g/mol. The molecular formula is C20H18N4O3S2. The molecule has 0 bridgehead atoms. The van der Waals surface area contributed by atoms with Gasteiger partial charge in [0.05, 0.1) is 34.9 Å². The van der Waals surface area contributed by atoms with Crippen LogP contribution < -0.4 is 15.5 Å². The lowest BCUT2D eigenvalue weighted by atomic mass is 10.1. The van der Waals surface area contributed by atoms with Crippen LogP contribution in [0, 0.1) is 0 Å². The molecule has 29 heavy (non-hydrogen) atoms. The van der Waals surface area contributed by atoms with Crippen molar-refractivity contribution in [1.29, 1.82) is 0 Å². The van der Waals surface area contributed by atoms with Crippen LogP contribution in [0.4, 0.5) is 16.5 Å². The second-order valence-corrected chi connectivity index (χ2v) is 8.81. The number of hydrogen-bond donors (Lipinski definition) is 2. The van der Waals surface area contributed by atoms with Gasteiger partial charge in [-0.05, 0) is 36.4 Å². The Balaban J connectivity index is 1.35. The summed E-state index contributed by atoms with van der Waals surface area (Å²) < 4.78 is 6.43. The first kappa shape index (κ1) is 18.4. The van der Waals surface area contributed by atoms with Crippen molar-refractivity contribution in [3.05, 3.63) is 42.0 Å². The van der Waals surface area contributed by atoms with Gasteiger partial charge in [-0.25, -0.2) is 4.98 Å². The number of carbonyl (C=O) groups excluding carboxylic acids is 2. The van der Waals surface area contributed by atoms with Crippen LogP contribution in [0.5, 0.6) is 0 Å². The van der Waals surface area contributed by atoms with Gasteiger partial charge in [-0.3, -0.25) is 9.59 Å². The van der Waals surface area contributed by atoms with Crippen molar-refractivity contribution in [1.82, 2.24) is 4.98 Å². The van der Waals surface area contributed by atoms with Crippen LogP contribution in [0.1, 0.15) is 10.4 Å². The number of rotatable bonds is 3. The predicted octanol–water partition coefficient (Wildman–Crippen LogP) is 3.43. The van der Waals surface area contributed by atoms with Crippen LogP contribution in [0.2, 0.25) is 0 Å². The highest BCUT2D eigenvalue weighted by molar-refractivity contribution is 8.00. The third kappa shape index (κ3) is 3.81. The molecule has 2 amide bonds. The maximum atomic E-state index is 12.7. The van der Waals surface area contributed by atoms with E-state index in [1.165, 1.54) is 11.8 Å². The summed E-state index contributed by atoms with van der Waals surface area (Å²) in [4.78, 5) is 32.2. The zero-order valence-corrected chi connectivity index (χ0v) is 17.1. The Hall–Kier alpha value is -2.62. The normalized spacial score (nSPS) is 16.4. The van der Waals surface area contributed by atoms with E-state index in [9.17, 15) is 9.59 Å². The number of anilines is 3. The van der Waals surface area contributed by atoms with Crippen LogP contribution >= 0.6 is 23.1 Å². The molecule has 2 aliphatic heterocycles. The van der Waals surface area contributed by atoms with Gasteiger partial charge in [0.25, 0.3) is 5.91 Å². The van der Waals surface area contributed by atoms with Gasteiger partial charge in [0.15, 0.2) is 5.13 Å². The molecule has 9 heteroatoms. The molecule has 0 spiro atoms. The summed E-state index contributed by atoms with van der Waals surface area (Å²) in [7, 11) is 0. The van der Waals surface area contributed by atoms with Crippen molar-refractivity contribution in [3.63, 3.8) is 0 Å². The number of aromatic nitrogens is 1. The first-order valence-electron chi connectivity index (χ1n) is 9.27. The molecule has 0 unspecified atom stereocenters. The summed E-state index contributed by atoms with van der Waals surface area (Å²) in [5, 5.41) is 6.74. The van der Waals surface area contributed by atoms with Crippen molar-refractivity contribution in [2.45, 2.75) is 4.90 Å². The second kappa shape index (κ2) is 7.66. The summed E-state index contributed by atoms with van der Waals surface area (Å²) in [6.07, 6.45) is 0. The third-order valence-corrected chi connectivity index (χ3v) is 6.94. The summed E-state index contributed by atoms with van der Waals surface area (Å²) in [5.74, 6) is 0.140. The molecule has 0 atom stereocenters. The van der Waals surface area contributed by atoms with E-state index in [2.05, 4.69) is 15.5 Å². The Labute approximate surface area is 175 Å². The molecule has 148 valence electrons. The zero-order chi connectivity index (χ0) is 19.8. The number of nitrogens with zero attached hydrogens (tertiary/aromatic N) is 2. The second-order valence-electron chi connectivity index (χ2n) is 6.78. The monoisotopic (exact) mass is 426 g/mol. The smallest absolute Gasteiger partial charge is 0.255 e. The van der Waals surface area contributed by atoms with Gasteiger partial charge >= 0.3 is 0 Å². The van der Waals surface area contributed by atoms with Gasteiger partial charge in [-0.1, -0.05) is 11.3 Å². The van der Waals surface area contributed by atoms with Crippen molar-refractivity contribution in [2.24, 2.45) is 0 Å². The molecule has 2 aromatic carbocycles. The Morgan fingerprint density at radius 1 is 1.17 bits per heavy atom. The van der Waals surface area contributed by atoms with E-state index < -0.39 is 0 Å². The highest BCUT2D eigenvalue weighted by Gasteiger charge is 2.18. The Bertz CT molecular complexity index is 1110. The topological polar surface area (TPSA) is 83.6 Å². The van der Waals surface area contributed by atoms with Crippen molar-refractivity contribution in [3.8, 4) is 0 Å². The van der Waals surface area contributed by atoms with E-state index in [4.69, 9.17) is 9.72 Å². The number of morpholine rings is 1. The lowest BCUT2D eigenvalue weighted by Gasteiger charge is -2.25. The standard InChI is InChI=1S/C20H18N4O3S2/c25-18-11-28-16-4-1-12(9-15(16)22-18)19(26)21-13-2-3-14-17(10-13)29-20(23-14)24-5-7-27-8-6-24/h1-4,9-10H,5-8,11H2,(H,21,26)(H,22,25). The quantitative estimate of drug-likeness (QED) is 0.668. The molecule has 1 saturated heterocycles. The minimum atomic E-state index is -0.213. The van der Waals surface area contributed by atoms with Crippen molar-refractivity contribution < 1.29 is 14.3 Å². The fraction of sp³-hybridized carbons (Fsp3) is 0.250. The number of nitrogens with one attached hydrogen (secondary N) is 2. The molecule has 7 nitrogen and oxygen atoms in total. The Kier molecular flexibility index (Phi) is 4.86. The molecular weight excluding hydrogens is 408 g/mol. The molecule has 3 aromatic rings. The fourth-order valence-electron chi connectivity index (χ4n) is 3.31. The van der Waals surface area contributed by atoms with Gasteiger partial charge < -0.3 is 20.3 Å². The minimum absolute atomic E-state index is 0.0493. The molecule has 0 radical (unpaired) electrons. The van der Waals surface area contributed by atoms with Gasteiger partial charge in [0.1, 0.15) is 0 Å². The summed E-state index contributed by atoms with van der Waals surface area (Å²) >= 11 is 3.09. The van der Waals surface area contributed by atoms with E-state index in [-0.39, 0.29) is 11.8 Å². The first-order valence-corrected chi connectivity index (χ1v) is 11.1. The molecule has 2 N–H and O–H groups in total. The minimum Gasteiger partial charge on any atom is -0.378 e. The molecule has 3 heterocycles. The van der Waals surface area contributed by atoms with Gasteiger partial charge in [-0.15, -0.1) is 11.8 Å². The number of thiazole rings is 1. The van der Waals surface area contributed by atoms with E-state index in [0.29, 0.717) is 17.0 Å². The van der Waals surface area contributed by atoms with Gasteiger partial charge in [-0.2, -0.15) is 0 Å². The van der Waals surface area contributed by atoms with Gasteiger partial charge in [0, 0.05) is 29.2 Å². The van der Waals surface area contributed by atoms with Crippen LogP contribution in [-0.2, 0) is 9.53 Å². The zero-order valence-electron chi connectivity index (χ0n) is 15.4. The molecule has 2 aliphatic rings. The molecule has 0 saturated carbocycles. The number of fused-ring (bicyclic) bond motifs is 2. The third-order valence-electron chi connectivity index (χ3n) is 4.79. The lowest BCUT2D eigenvalue weighted by Crippen LogP contribution is -2.36. The van der Waals surface area contributed by atoms with Crippen LogP contribution in [0.25, 0.3) is 10.2 Å². The highest BCUT2D eigenvalue weighted by atomic mass is 32.2. The van der Waals surface area contributed by atoms with E-state index in [1.807, 2.05) is 24.3 Å². The Morgan fingerprint density at radius 3 is 2.90 bits per heavy atom. The van der Waals surface area contributed by atoms with Crippen LogP contribution in [-0.4, -0.2) is 48.9 Å². The number of thioether (sulfide) groups is 1. The van der Waals surface area contributed by atoms with Crippen molar-refractivity contribution in [2.75, 3.05) is 47.6 Å². The number of carbonyl (C=O) groups is 2. The van der Waals surface area contributed by atoms with Gasteiger partial charge in [0.2, 0.25) is 5.91 Å². The number of amides is 2.